The van der Waals surface area contributed by atoms with E-state index in [-0.39, 0.29) is 41.9 Å². The quantitative estimate of drug-likeness (QED) is 0.421. The number of anilines is 1. The summed E-state index contributed by atoms with van der Waals surface area (Å²) >= 11 is 1.39. The van der Waals surface area contributed by atoms with E-state index in [0.29, 0.717) is 56.0 Å². The van der Waals surface area contributed by atoms with Crippen LogP contribution in [0.1, 0.15) is 75.5 Å². The number of carbonyl (C=O) groups is 2. The van der Waals surface area contributed by atoms with Crippen molar-refractivity contribution in [2.45, 2.75) is 77.2 Å². The molecule has 5 rings (SSSR count). The smallest absolute Gasteiger partial charge is 0.253 e. The number of carbonyl (C=O) groups excluding carboxylic acids is 2. The number of piperidine rings is 1. The molecular formula is C28H35F2N5O2S. The van der Waals surface area contributed by atoms with Crippen molar-refractivity contribution in [2.75, 3.05) is 18.4 Å². The zero-order chi connectivity index (χ0) is 27.1. The van der Waals surface area contributed by atoms with Crippen LogP contribution in [-0.4, -0.2) is 50.3 Å². The van der Waals surface area contributed by atoms with Crippen LogP contribution in [0, 0.1) is 11.8 Å². The Balaban J connectivity index is 1.29. The Morgan fingerprint density at radius 1 is 1.13 bits per heavy atom. The molecule has 2 amide bonds. The number of fused-ring (bicyclic) bond motifs is 1. The van der Waals surface area contributed by atoms with Crippen molar-refractivity contribution in [2.24, 2.45) is 11.8 Å². The highest BCUT2D eigenvalue weighted by molar-refractivity contribution is 7.13. The molecule has 1 aromatic carbocycles. The van der Waals surface area contributed by atoms with Gasteiger partial charge in [0.15, 0.2) is 5.13 Å². The number of benzene rings is 1. The summed E-state index contributed by atoms with van der Waals surface area (Å²) in [6.45, 7) is 7.98. The van der Waals surface area contributed by atoms with Crippen LogP contribution in [0.2, 0.25) is 0 Å². The van der Waals surface area contributed by atoms with Crippen LogP contribution in [0.3, 0.4) is 0 Å². The van der Waals surface area contributed by atoms with Crippen molar-refractivity contribution in [3.8, 4) is 0 Å². The Kier molecular flexibility index (Phi) is 7.28. The second kappa shape index (κ2) is 10.4. The van der Waals surface area contributed by atoms with Crippen molar-refractivity contribution >= 4 is 39.3 Å². The zero-order valence-corrected chi connectivity index (χ0v) is 23.0. The number of imidazole rings is 1. The molecule has 38 heavy (non-hydrogen) atoms. The molecule has 0 bridgehead atoms. The Bertz CT molecular complexity index is 1300. The van der Waals surface area contributed by atoms with Crippen molar-refractivity contribution in [1.29, 1.82) is 0 Å². The molecule has 2 aromatic heterocycles. The standard InChI is InChI=1S/C28H35F2N5O2S/c1-27(2,3)25-32-21-16-20(4-5-22(21)35(25)17-18-6-10-28(29,30)11-7-18)24(37)34-13-8-19(9-14-34)23(36)33-26-31-12-15-38-26/h4-5,12,15-16,18-19H,6-11,13-14,17H2,1-3H3,(H,31,33,36). The Morgan fingerprint density at radius 2 is 1.84 bits per heavy atom. The number of amides is 2. The largest absolute Gasteiger partial charge is 0.339 e. The molecule has 10 heteroatoms. The van der Waals surface area contributed by atoms with Crippen molar-refractivity contribution in [3.63, 3.8) is 0 Å². The van der Waals surface area contributed by atoms with Crippen LogP contribution < -0.4 is 5.32 Å². The summed E-state index contributed by atoms with van der Waals surface area (Å²) < 4.78 is 29.6. The molecular weight excluding hydrogens is 508 g/mol. The molecule has 1 saturated heterocycles. The number of thiazole rings is 1. The fraction of sp³-hybridized carbons (Fsp3) is 0.571. The number of rotatable bonds is 5. The molecule has 0 atom stereocenters. The van der Waals surface area contributed by atoms with Gasteiger partial charge in [0.1, 0.15) is 5.82 Å². The van der Waals surface area contributed by atoms with Gasteiger partial charge < -0.3 is 14.8 Å². The highest BCUT2D eigenvalue weighted by Crippen LogP contribution is 2.38. The van der Waals surface area contributed by atoms with Crippen LogP contribution in [0.4, 0.5) is 13.9 Å². The molecule has 1 saturated carbocycles. The Morgan fingerprint density at radius 3 is 2.47 bits per heavy atom. The maximum absolute atomic E-state index is 13.7. The highest BCUT2D eigenvalue weighted by atomic mass is 32.1. The molecule has 3 heterocycles. The van der Waals surface area contributed by atoms with Crippen molar-refractivity contribution in [3.05, 3.63) is 41.2 Å². The van der Waals surface area contributed by atoms with E-state index in [0.717, 1.165) is 16.9 Å². The first-order valence-corrected chi connectivity index (χ1v) is 14.3. The summed E-state index contributed by atoms with van der Waals surface area (Å²) in [6, 6.07) is 5.63. The molecule has 7 nitrogen and oxygen atoms in total. The maximum atomic E-state index is 13.7. The van der Waals surface area contributed by atoms with Gasteiger partial charge >= 0.3 is 0 Å². The monoisotopic (exact) mass is 543 g/mol. The molecule has 0 radical (unpaired) electrons. The van der Waals surface area contributed by atoms with Crippen LogP contribution in [-0.2, 0) is 16.8 Å². The number of aromatic nitrogens is 3. The van der Waals surface area contributed by atoms with Crippen LogP contribution in [0.15, 0.2) is 29.8 Å². The minimum Gasteiger partial charge on any atom is -0.339 e. The third kappa shape index (κ3) is 5.75. The van der Waals surface area contributed by atoms with Gasteiger partial charge in [-0.05, 0) is 49.8 Å². The van der Waals surface area contributed by atoms with Crippen LogP contribution in [0.5, 0.6) is 0 Å². The number of alkyl halides is 2. The highest BCUT2D eigenvalue weighted by Gasteiger charge is 2.36. The third-order valence-corrected chi connectivity index (χ3v) is 8.45. The fourth-order valence-electron chi connectivity index (χ4n) is 5.58. The van der Waals surface area contributed by atoms with E-state index < -0.39 is 5.92 Å². The third-order valence-electron chi connectivity index (χ3n) is 7.76. The minimum atomic E-state index is -2.55. The van der Waals surface area contributed by atoms with Gasteiger partial charge in [-0.25, -0.2) is 18.7 Å². The van der Waals surface area contributed by atoms with E-state index >= 15 is 0 Å². The number of hydrogen-bond acceptors (Lipinski definition) is 5. The predicted molar refractivity (Wildman–Crippen MR) is 145 cm³/mol. The van der Waals surface area contributed by atoms with Gasteiger partial charge in [-0.3, -0.25) is 9.59 Å². The van der Waals surface area contributed by atoms with Gasteiger partial charge in [0.05, 0.1) is 11.0 Å². The second-order valence-electron chi connectivity index (χ2n) is 11.7. The number of nitrogens with one attached hydrogen (secondary N) is 1. The van der Waals surface area contributed by atoms with Crippen molar-refractivity contribution < 1.29 is 18.4 Å². The summed E-state index contributed by atoms with van der Waals surface area (Å²) in [5.74, 6) is -1.71. The van der Waals surface area contributed by atoms with E-state index in [2.05, 4.69) is 35.6 Å². The topological polar surface area (TPSA) is 80.1 Å². The molecule has 1 aliphatic carbocycles. The lowest BCUT2D eigenvalue weighted by atomic mass is 9.86. The molecule has 1 N–H and O–H groups in total. The lowest BCUT2D eigenvalue weighted by Gasteiger charge is -2.31. The minimum absolute atomic E-state index is 0.0459. The molecule has 204 valence electrons. The SMILES string of the molecule is CC(C)(C)c1nc2cc(C(=O)N3CCC(C(=O)Nc4nccs4)CC3)ccc2n1CC1CCC(F)(F)CC1. The molecule has 0 unspecified atom stereocenters. The average Bonchev–Trinajstić information content (AvgIpc) is 3.52. The number of hydrogen-bond donors (Lipinski definition) is 1. The first kappa shape index (κ1) is 26.7. The summed E-state index contributed by atoms with van der Waals surface area (Å²) in [6.07, 6.45) is 3.76. The van der Waals surface area contributed by atoms with Crippen molar-refractivity contribution in [1.82, 2.24) is 19.4 Å². The zero-order valence-electron chi connectivity index (χ0n) is 22.2. The normalized spacial score (nSPS) is 19.1. The summed E-state index contributed by atoms with van der Waals surface area (Å²) in [7, 11) is 0. The summed E-state index contributed by atoms with van der Waals surface area (Å²) in [5, 5.41) is 5.27. The van der Waals surface area contributed by atoms with Gasteiger partial charge in [-0.1, -0.05) is 20.8 Å². The van der Waals surface area contributed by atoms with Crippen LogP contribution >= 0.6 is 11.3 Å². The van der Waals surface area contributed by atoms with E-state index in [1.54, 1.807) is 11.1 Å². The summed E-state index contributed by atoms with van der Waals surface area (Å²) in [5.41, 5.74) is 2.02. The number of nitrogens with zero attached hydrogens (tertiary/aromatic N) is 4. The number of halogens is 2. The van der Waals surface area contributed by atoms with Gasteiger partial charge in [0.2, 0.25) is 11.8 Å². The molecule has 1 aliphatic heterocycles. The first-order valence-electron chi connectivity index (χ1n) is 13.4. The lowest BCUT2D eigenvalue weighted by molar-refractivity contribution is -0.121. The van der Waals surface area contributed by atoms with E-state index in [1.165, 1.54) is 11.3 Å². The Labute approximate surface area is 225 Å². The predicted octanol–water partition coefficient (Wildman–Crippen LogP) is 6.11. The van der Waals surface area contributed by atoms with Gasteiger partial charge in [-0.2, -0.15) is 0 Å². The molecule has 2 fully saturated rings. The Hall–Kier alpha value is -2.88. The lowest BCUT2D eigenvalue weighted by Crippen LogP contribution is -2.41. The second-order valence-corrected chi connectivity index (χ2v) is 12.6. The molecule has 0 spiro atoms. The summed E-state index contributed by atoms with van der Waals surface area (Å²) in [4.78, 5) is 36.7. The van der Waals surface area contributed by atoms with E-state index in [4.69, 9.17) is 4.98 Å². The number of likely N-dealkylation sites (tertiary alicyclic amines) is 1. The average molecular weight is 544 g/mol. The van der Waals surface area contributed by atoms with Gasteiger partial charge in [0, 0.05) is 60.9 Å². The van der Waals surface area contributed by atoms with E-state index in [9.17, 15) is 18.4 Å². The van der Waals surface area contributed by atoms with Gasteiger partial charge in [0.25, 0.3) is 5.91 Å². The maximum Gasteiger partial charge on any atom is 0.253 e. The van der Waals surface area contributed by atoms with Crippen LogP contribution in [0.25, 0.3) is 11.0 Å². The molecule has 2 aliphatic rings. The first-order chi connectivity index (χ1) is 18.0. The van der Waals surface area contributed by atoms with E-state index in [1.807, 2.05) is 23.6 Å². The van der Waals surface area contributed by atoms with Gasteiger partial charge in [-0.15, -0.1) is 11.3 Å². The fourth-order valence-corrected chi connectivity index (χ4v) is 6.11. The molecule has 3 aromatic rings.